The van der Waals surface area contributed by atoms with E-state index in [0.717, 1.165) is 47.9 Å². The third-order valence-corrected chi connectivity index (χ3v) is 6.49. The van der Waals surface area contributed by atoms with Crippen LogP contribution in [0, 0.1) is 5.92 Å². The minimum absolute atomic E-state index is 0.303. The van der Waals surface area contributed by atoms with Crippen molar-refractivity contribution < 1.29 is 14.2 Å². The number of nitrogens with one attached hydrogen (secondary N) is 1. The van der Waals surface area contributed by atoms with E-state index in [0.29, 0.717) is 42.6 Å². The molecule has 0 radical (unpaired) electrons. The lowest BCUT2D eigenvalue weighted by molar-refractivity contribution is -0.0312. The van der Waals surface area contributed by atoms with Crippen molar-refractivity contribution in [3.8, 4) is 11.6 Å². The number of rotatable bonds is 8. The monoisotopic (exact) mass is 476 g/mol. The highest BCUT2D eigenvalue weighted by molar-refractivity contribution is 6.30. The molecule has 4 heterocycles. The average molecular weight is 477 g/mol. The highest BCUT2D eigenvalue weighted by Crippen LogP contribution is 2.31. The Morgan fingerprint density at radius 1 is 0.971 bits per heavy atom. The molecular weight excluding hydrogens is 452 g/mol. The zero-order chi connectivity index (χ0) is 22.9. The van der Waals surface area contributed by atoms with Crippen LogP contribution in [0.25, 0.3) is 11.0 Å². The van der Waals surface area contributed by atoms with Crippen molar-refractivity contribution in [2.24, 2.45) is 5.92 Å². The second kappa shape index (κ2) is 9.25. The molecule has 0 unspecified atom stereocenters. The zero-order valence-corrected chi connectivity index (χ0v) is 19.4. The molecule has 0 spiro atoms. The topological polar surface area (TPSA) is 70.4 Å². The molecule has 34 heavy (non-hydrogen) atoms. The molecule has 0 saturated carbocycles. The summed E-state index contributed by atoms with van der Waals surface area (Å²) in [6.07, 6.45) is 2.62. The lowest BCUT2D eigenvalue weighted by Crippen LogP contribution is -2.31. The van der Waals surface area contributed by atoms with Gasteiger partial charge >= 0.3 is 0 Å². The zero-order valence-electron chi connectivity index (χ0n) is 18.6. The van der Waals surface area contributed by atoms with Crippen LogP contribution in [-0.2, 0) is 22.4 Å². The van der Waals surface area contributed by atoms with Crippen LogP contribution in [0.4, 0.5) is 5.95 Å². The first-order valence-electron chi connectivity index (χ1n) is 11.5. The van der Waals surface area contributed by atoms with E-state index in [9.17, 15) is 0 Å². The van der Waals surface area contributed by atoms with Gasteiger partial charge in [-0.25, -0.2) is 9.97 Å². The number of hydrogen-bond donors (Lipinski definition) is 1. The lowest BCUT2D eigenvalue weighted by Gasteiger charge is -2.29. The van der Waals surface area contributed by atoms with Crippen molar-refractivity contribution in [3.05, 3.63) is 76.9 Å². The normalized spacial score (nSPS) is 16.3. The number of benzene rings is 2. The summed E-state index contributed by atoms with van der Waals surface area (Å²) < 4.78 is 18.9. The van der Waals surface area contributed by atoms with E-state index in [1.807, 2.05) is 24.3 Å². The molecule has 0 amide bonds. The number of anilines is 1. The average Bonchev–Trinajstić information content (AvgIpc) is 3.14. The number of halogens is 1. The first-order valence-corrected chi connectivity index (χ1v) is 11.9. The molecule has 8 heteroatoms. The number of imidazole rings is 1. The van der Waals surface area contributed by atoms with Gasteiger partial charge in [0.1, 0.15) is 5.75 Å². The van der Waals surface area contributed by atoms with Crippen LogP contribution in [0.5, 0.6) is 11.6 Å². The summed E-state index contributed by atoms with van der Waals surface area (Å²) in [5, 5.41) is 4.12. The standard InChI is InChI=1S/C26H25ClN4O3/c27-20-4-8-25(28-12-20)34-22-5-1-17(2-6-22)11-29-26-30-23-7-3-18(9-19-13-32-14-19)10-24(23)31(26)21-15-33-16-21/h1-8,10,12,19,21H,9,11,13-16H2,(H,29,30). The minimum atomic E-state index is 0.303. The molecule has 4 aromatic rings. The molecule has 2 aliphatic rings. The molecule has 1 N–H and O–H groups in total. The molecule has 0 atom stereocenters. The molecule has 2 aromatic carbocycles. The van der Waals surface area contributed by atoms with Crippen molar-refractivity contribution in [3.63, 3.8) is 0 Å². The highest BCUT2D eigenvalue weighted by Gasteiger charge is 2.26. The highest BCUT2D eigenvalue weighted by atomic mass is 35.5. The summed E-state index contributed by atoms with van der Waals surface area (Å²) in [5.41, 5.74) is 4.63. The smallest absolute Gasteiger partial charge is 0.219 e. The van der Waals surface area contributed by atoms with E-state index in [1.165, 1.54) is 5.56 Å². The lowest BCUT2D eigenvalue weighted by atomic mass is 9.98. The van der Waals surface area contributed by atoms with E-state index in [-0.39, 0.29) is 0 Å². The Bertz CT molecular complexity index is 1280. The van der Waals surface area contributed by atoms with Crippen molar-refractivity contribution in [1.82, 2.24) is 14.5 Å². The molecule has 2 fully saturated rings. The second-order valence-corrected chi connectivity index (χ2v) is 9.28. The number of aromatic nitrogens is 3. The van der Waals surface area contributed by atoms with Crippen LogP contribution in [0.2, 0.25) is 5.02 Å². The number of fused-ring (bicyclic) bond motifs is 1. The molecule has 2 aromatic heterocycles. The Morgan fingerprint density at radius 3 is 2.44 bits per heavy atom. The van der Waals surface area contributed by atoms with Gasteiger partial charge in [-0.3, -0.25) is 0 Å². The summed E-state index contributed by atoms with van der Waals surface area (Å²) in [7, 11) is 0. The van der Waals surface area contributed by atoms with Crippen LogP contribution in [-0.4, -0.2) is 41.0 Å². The van der Waals surface area contributed by atoms with Crippen molar-refractivity contribution in [1.29, 1.82) is 0 Å². The van der Waals surface area contributed by atoms with Crippen molar-refractivity contribution >= 4 is 28.6 Å². The maximum atomic E-state index is 5.88. The molecule has 0 aliphatic carbocycles. The van der Waals surface area contributed by atoms with Gasteiger partial charge in [0.25, 0.3) is 0 Å². The second-order valence-electron chi connectivity index (χ2n) is 8.84. The molecule has 0 bridgehead atoms. The maximum Gasteiger partial charge on any atom is 0.219 e. The Balaban J connectivity index is 1.17. The van der Waals surface area contributed by atoms with Crippen LogP contribution < -0.4 is 10.1 Å². The van der Waals surface area contributed by atoms with Gasteiger partial charge < -0.3 is 24.1 Å². The predicted octanol–water partition coefficient (Wildman–Crippen LogP) is 5.25. The molecule has 2 aliphatic heterocycles. The van der Waals surface area contributed by atoms with Gasteiger partial charge in [0.2, 0.25) is 11.8 Å². The fourth-order valence-corrected chi connectivity index (χ4v) is 4.38. The van der Waals surface area contributed by atoms with Crippen LogP contribution >= 0.6 is 11.6 Å². The van der Waals surface area contributed by atoms with Gasteiger partial charge in [0, 0.05) is 24.7 Å². The van der Waals surface area contributed by atoms with Crippen molar-refractivity contribution in [2.75, 3.05) is 31.7 Å². The van der Waals surface area contributed by atoms with Gasteiger partial charge in [-0.05, 0) is 47.9 Å². The van der Waals surface area contributed by atoms with Crippen LogP contribution in [0.3, 0.4) is 0 Å². The van der Waals surface area contributed by atoms with E-state index >= 15 is 0 Å². The van der Waals surface area contributed by atoms with Crippen LogP contribution in [0.15, 0.2) is 60.8 Å². The summed E-state index contributed by atoms with van der Waals surface area (Å²) in [5.74, 6) is 2.73. The maximum absolute atomic E-state index is 5.88. The van der Waals surface area contributed by atoms with E-state index < -0.39 is 0 Å². The van der Waals surface area contributed by atoms with Gasteiger partial charge in [0.15, 0.2) is 0 Å². The van der Waals surface area contributed by atoms with Gasteiger partial charge in [-0.1, -0.05) is 29.8 Å². The first-order chi connectivity index (χ1) is 16.7. The van der Waals surface area contributed by atoms with Gasteiger partial charge in [-0.15, -0.1) is 0 Å². The summed E-state index contributed by atoms with van der Waals surface area (Å²) in [6.45, 7) is 3.81. The molecular formula is C26H25ClN4O3. The fraction of sp³-hybridized carbons (Fsp3) is 0.308. The van der Waals surface area contributed by atoms with Gasteiger partial charge in [-0.2, -0.15) is 0 Å². The Hall–Kier alpha value is -3.13. The third-order valence-electron chi connectivity index (χ3n) is 6.27. The first kappa shape index (κ1) is 21.4. The summed E-state index contributed by atoms with van der Waals surface area (Å²) in [6, 6.07) is 18.4. The SMILES string of the molecule is Clc1ccc(Oc2ccc(CNc3nc4ccc(CC5COC5)cc4n3C3COC3)cc2)nc1. The minimum Gasteiger partial charge on any atom is -0.439 e. The Labute approximate surface area is 202 Å². The Kier molecular flexibility index (Phi) is 5.83. The van der Waals surface area contributed by atoms with Crippen molar-refractivity contribution in [2.45, 2.75) is 19.0 Å². The number of hydrogen-bond acceptors (Lipinski definition) is 6. The van der Waals surface area contributed by atoms with Gasteiger partial charge in [0.05, 0.1) is 48.5 Å². The Morgan fingerprint density at radius 2 is 1.76 bits per heavy atom. The third kappa shape index (κ3) is 4.46. The van der Waals surface area contributed by atoms with Crippen LogP contribution in [0.1, 0.15) is 17.2 Å². The fourth-order valence-electron chi connectivity index (χ4n) is 4.27. The number of nitrogens with zero attached hydrogens (tertiary/aromatic N) is 3. The van der Waals surface area contributed by atoms with E-state index in [1.54, 1.807) is 18.3 Å². The summed E-state index contributed by atoms with van der Waals surface area (Å²) in [4.78, 5) is 9.06. The molecule has 2 saturated heterocycles. The number of ether oxygens (including phenoxy) is 3. The summed E-state index contributed by atoms with van der Waals surface area (Å²) >= 11 is 5.88. The molecule has 7 nitrogen and oxygen atoms in total. The van der Waals surface area contributed by atoms with E-state index in [2.05, 4.69) is 33.1 Å². The predicted molar refractivity (Wildman–Crippen MR) is 131 cm³/mol. The molecule has 174 valence electrons. The number of pyridine rings is 1. The largest absolute Gasteiger partial charge is 0.439 e. The molecule has 6 rings (SSSR count). The van der Waals surface area contributed by atoms with E-state index in [4.69, 9.17) is 30.8 Å². The quantitative estimate of drug-likeness (QED) is 0.374.